The molecule has 1 atom stereocenters. The average molecular weight is 448 g/mol. The third kappa shape index (κ3) is 4.14. The van der Waals surface area contributed by atoms with Crippen LogP contribution in [0.5, 0.6) is 17.2 Å². The van der Waals surface area contributed by atoms with Crippen molar-refractivity contribution in [3.05, 3.63) is 59.8 Å². The van der Waals surface area contributed by atoms with Crippen molar-refractivity contribution < 1.29 is 23.5 Å². The Morgan fingerprint density at radius 3 is 2.61 bits per heavy atom. The van der Waals surface area contributed by atoms with Gasteiger partial charge in [0.2, 0.25) is 5.82 Å². The van der Waals surface area contributed by atoms with E-state index in [1.807, 2.05) is 54.1 Å². The summed E-state index contributed by atoms with van der Waals surface area (Å²) in [4.78, 5) is 4.53. The molecule has 0 saturated carbocycles. The molecule has 33 heavy (non-hydrogen) atoms. The third-order valence-electron chi connectivity index (χ3n) is 5.49. The van der Waals surface area contributed by atoms with E-state index in [-0.39, 0.29) is 6.10 Å². The van der Waals surface area contributed by atoms with Gasteiger partial charge in [-0.1, -0.05) is 17.3 Å². The minimum atomic E-state index is -0.0947. The van der Waals surface area contributed by atoms with E-state index >= 15 is 0 Å². The number of nitrogens with zero attached hydrogens (tertiary/aromatic N) is 4. The number of ether oxygens (including phenoxy) is 4. The van der Waals surface area contributed by atoms with Gasteiger partial charge in [-0.25, -0.2) is 0 Å². The number of fused-ring (bicyclic) bond motifs is 1. The summed E-state index contributed by atoms with van der Waals surface area (Å²) in [6, 6.07) is 15.3. The van der Waals surface area contributed by atoms with Crippen LogP contribution in [0.25, 0.3) is 23.0 Å². The summed E-state index contributed by atoms with van der Waals surface area (Å²) in [5, 5.41) is 8.80. The number of hydrogen-bond acceptors (Lipinski definition) is 8. The fourth-order valence-corrected chi connectivity index (χ4v) is 3.80. The quantitative estimate of drug-likeness (QED) is 0.413. The molecule has 9 heteroatoms. The molecular formula is C24H24N4O5. The molecule has 1 aliphatic rings. The van der Waals surface area contributed by atoms with Crippen molar-refractivity contribution in [3.63, 3.8) is 0 Å². The summed E-state index contributed by atoms with van der Waals surface area (Å²) in [6.07, 6.45) is -0.0947. The Morgan fingerprint density at radius 2 is 1.85 bits per heavy atom. The van der Waals surface area contributed by atoms with Crippen LogP contribution in [0, 0.1) is 0 Å². The number of hydrogen-bond donors (Lipinski definition) is 0. The Morgan fingerprint density at radius 1 is 1.03 bits per heavy atom. The normalized spacial score (nSPS) is 15.2. The SMILES string of the molecule is CCOc1ccc(C2Cn3nc(-c4nc(-c5ccc(OC)cc5OC)no4)cc3CO2)cc1. The first-order chi connectivity index (χ1) is 16.2. The highest BCUT2D eigenvalue weighted by Crippen LogP contribution is 2.34. The smallest absolute Gasteiger partial charge is 0.278 e. The average Bonchev–Trinajstić information content (AvgIpc) is 3.51. The van der Waals surface area contributed by atoms with Crippen molar-refractivity contribution in [2.75, 3.05) is 20.8 Å². The molecule has 0 amide bonds. The van der Waals surface area contributed by atoms with Crippen molar-refractivity contribution in [1.82, 2.24) is 19.9 Å². The lowest BCUT2D eigenvalue weighted by atomic mass is 10.1. The predicted molar refractivity (Wildman–Crippen MR) is 119 cm³/mol. The maximum absolute atomic E-state index is 6.07. The van der Waals surface area contributed by atoms with E-state index in [4.69, 9.17) is 23.5 Å². The van der Waals surface area contributed by atoms with Gasteiger partial charge in [0.05, 0.1) is 45.2 Å². The monoisotopic (exact) mass is 448 g/mol. The van der Waals surface area contributed by atoms with Crippen LogP contribution >= 0.6 is 0 Å². The minimum Gasteiger partial charge on any atom is -0.497 e. The second kappa shape index (κ2) is 8.95. The lowest BCUT2D eigenvalue weighted by Gasteiger charge is -2.24. The highest BCUT2D eigenvalue weighted by molar-refractivity contribution is 5.66. The van der Waals surface area contributed by atoms with E-state index in [1.165, 1.54) is 0 Å². The Labute approximate surface area is 190 Å². The third-order valence-corrected chi connectivity index (χ3v) is 5.49. The van der Waals surface area contributed by atoms with Crippen LogP contribution in [0.3, 0.4) is 0 Å². The van der Waals surface area contributed by atoms with Gasteiger partial charge in [0.1, 0.15) is 23.4 Å². The minimum absolute atomic E-state index is 0.0947. The van der Waals surface area contributed by atoms with E-state index in [0.717, 1.165) is 17.0 Å². The molecule has 9 nitrogen and oxygen atoms in total. The first-order valence-corrected chi connectivity index (χ1v) is 10.7. The first kappa shape index (κ1) is 21.0. The van der Waals surface area contributed by atoms with Crippen molar-refractivity contribution in [2.45, 2.75) is 26.2 Å². The predicted octanol–water partition coefficient (Wildman–Crippen LogP) is 4.29. The molecule has 0 saturated heterocycles. The summed E-state index contributed by atoms with van der Waals surface area (Å²) >= 11 is 0. The summed E-state index contributed by atoms with van der Waals surface area (Å²) in [5.74, 6) is 2.88. The van der Waals surface area contributed by atoms with Gasteiger partial charge < -0.3 is 23.5 Å². The molecule has 4 aromatic rings. The van der Waals surface area contributed by atoms with E-state index in [2.05, 4.69) is 15.2 Å². The van der Waals surface area contributed by atoms with Gasteiger partial charge in [0.15, 0.2) is 5.69 Å². The van der Waals surface area contributed by atoms with E-state index in [1.54, 1.807) is 20.3 Å². The van der Waals surface area contributed by atoms with E-state index in [0.29, 0.717) is 54.2 Å². The maximum atomic E-state index is 6.07. The fourth-order valence-electron chi connectivity index (χ4n) is 3.80. The summed E-state index contributed by atoms with van der Waals surface area (Å²) < 4.78 is 29.7. The van der Waals surface area contributed by atoms with Crippen LogP contribution in [-0.2, 0) is 17.9 Å². The highest BCUT2D eigenvalue weighted by Gasteiger charge is 2.25. The summed E-state index contributed by atoms with van der Waals surface area (Å²) in [6.45, 7) is 3.64. The van der Waals surface area contributed by atoms with Crippen molar-refractivity contribution in [2.24, 2.45) is 0 Å². The lowest BCUT2D eigenvalue weighted by molar-refractivity contribution is -0.00115. The van der Waals surface area contributed by atoms with Crippen LogP contribution in [0.1, 0.15) is 24.3 Å². The van der Waals surface area contributed by atoms with Gasteiger partial charge in [0, 0.05) is 6.07 Å². The van der Waals surface area contributed by atoms with Gasteiger partial charge in [-0.15, -0.1) is 0 Å². The number of aromatic nitrogens is 4. The summed E-state index contributed by atoms with van der Waals surface area (Å²) in [5.41, 5.74) is 3.34. The van der Waals surface area contributed by atoms with Crippen molar-refractivity contribution in [3.8, 4) is 40.2 Å². The zero-order valence-corrected chi connectivity index (χ0v) is 18.6. The molecule has 0 radical (unpaired) electrons. The second-order valence-electron chi connectivity index (χ2n) is 7.49. The molecule has 0 aliphatic carbocycles. The lowest BCUT2D eigenvalue weighted by Crippen LogP contribution is -2.21. The zero-order valence-electron chi connectivity index (χ0n) is 18.6. The molecule has 1 unspecified atom stereocenters. The van der Waals surface area contributed by atoms with Crippen LogP contribution in [0.15, 0.2) is 53.1 Å². The molecule has 3 heterocycles. The van der Waals surface area contributed by atoms with Gasteiger partial charge in [0.25, 0.3) is 5.89 Å². The standard InChI is InChI=1S/C24H24N4O5/c1-4-31-17-7-5-15(6-8-17)22-13-28-16(14-32-22)11-20(26-28)24-25-23(27-33-24)19-10-9-18(29-2)12-21(19)30-3/h5-12,22H,4,13-14H2,1-3H3. The second-order valence-corrected chi connectivity index (χ2v) is 7.49. The van der Waals surface area contributed by atoms with Crippen LogP contribution < -0.4 is 14.2 Å². The molecule has 1 aliphatic heterocycles. The molecule has 0 spiro atoms. The Hall–Kier alpha value is -3.85. The van der Waals surface area contributed by atoms with Crippen molar-refractivity contribution in [1.29, 1.82) is 0 Å². The fraction of sp³-hybridized carbons (Fsp3) is 0.292. The summed E-state index contributed by atoms with van der Waals surface area (Å²) in [7, 11) is 3.19. The van der Waals surface area contributed by atoms with E-state index < -0.39 is 0 Å². The zero-order chi connectivity index (χ0) is 22.8. The van der Waals surface area contributed by atoms with Crippen LogP contribution in [-0.4, -0.2) is 40.7 Å². The van der Waals surface area contributed by atoms with Crippen LogP contribution in [0.2, 0.25) is 0 Å². The number of methoxy groups -OCH3 is 2. The Bertz CT molecular complexity index is 1250. The topological polar surface area (TPSA) is 93.7 Å². The van der Waals surface area contributed by atoms with Gasteiger partial charge in [-0.3, -0.25) is 4.68 Å². The molecule has 170 valence electrons. The Balaban J connectivity index is 1.36. The molecule has 0 fully saturated rings. The molecule has 0 bridgehead atoms. The molecule has 2 aromatic carbocycles. The number of benzene rings is 2. The van der Waals surface area contributed by atoms with Gasteiger partial charge >= 0.3 is 0 Å². The highest BCUT2D eigenvalue weighted by atomic mass is 16.5. The van der Waals surface area contributed by atoms with Crippen molar-refractivity contribution >= 4 is 0 Å². The molecule has 0 N–H and O–H groups in total. The molecule has 5 rings (SSSR count). The maximum Gasteiger partial charge on any atom is 0.278 e. The largest absolute Gasteiger partial charge is 0.497 e. The Kier molecular flexibility index (Phi) is 5.70. The number of rotatable bonds is 7. The van der Waals surface area contributed by atoms with Gasteiger partial charge in [-0.05, 0) is 42.8 Å². The molecular weight excluding hydrogens is 424 g/mol. The van der Waals surface area contributed by atoms with Crippen LogP contribution in [0.4, 0.5) is 0 Å². The first-order valence-electron chi connectivity index (χ1n) is 10.7. The van der Waals surface area contributed by atoms with Gasteiger partial charge in [-0.2, -0.15) is 10.1 Å². The van der Waals surface area contributed by atoms with E-state index in [9.17, 15) is 0 Å². The molecule has 2 aromatic heterocycles.